The van der Waals surface area contributed by atoms with Gasteiger partial charge >= 0.3 is 5.97 Å². The van der Waals surface area contributed by atoms with E-state index in [2.05, 4.69) is 5.32 Å². The lowest BCUT2D eigenvalue weighted by Crippen LogP contribution is -2.31. The fourth-order valence-electron chi connectivity index (χ4n) is 2.25. The van der Waals surface area contributed by atoms with Crippen LogP contribution >= 0.6 is 0 Å². The second-order valence-corrected chi connectivity index (χ2v) is 4.92. The number of nitrogens with one attached hydrogen (secondary N) is 1. The van der Waals surface area contributed by atoms with Crippen LogP contribution in [0.15, 0.2) is 18.2 Å². The highest BCUT2D eigenvalue weighted by atomic mass is 16.6. The van der Waals surface area contributed by atoms with Gasteiger partial charge in [0.15, 0.2) is 0 Å². The molecule has 1 atom stereocenters. The highest BCUT2D eigenvalue weighted by Crippen LogP contribution is 2.32. The molecule has 1 saturated carbocycles. The molecule has 0 saturated heterocycles. The minimum Gasteiger partial charge on any atom is -0.478 e. The molecular formula is C13H16N2O4. The molecule has 1 aromatic carbocycles. The van der Waals surface area contributed by atoms with Gasteiger partial charge in [0, 0.05) is 18.2 Å². The zero-order valence-electron chi connectivity index (χ0n) is 10.6. The van der Waals surface area contributed by atoms with E-state index in [1.165, 1.54) is 24.6 Å². The van der Waals surface area contributed by atoms with Gasteiger partial charge in [-0.3, -0.25) is 10.1 Å². The van der Waals surface area contributed by atoms with Gasteiger partial charge in [-0.25, -0.2) is 4.79 Å². The fraction of sp³-hybridized carbons (Fsp3) is 0.462. The average molecular weight is 264 g/mol. The Labute approximate surface area is 110 Å². The van der Waals surface area contributed by atoms with Gasteiger partial charge in [-0.15, -0.1) is 0 Å². The molecule has 1 fully saturated rings. The zero-order valence-corrected chi connectivity index (χ0v) is 10.6. The second-order valence-electron chi connectivity index (χ2n) is 4.92. The summed E-state index contributed by atoms with van der Waals surface area (Å²) in [5.41, 5.74) is 0.284. The van der Waals surface area contributed by atoms with Gasteiger partial charge in [-0.05, 0) is 31.7 Å². The predicted octanol–water partition coefficient (Wildman–Crippen LogP) is 2.89. The predicted molar refractivity (Wildman–Crippen MR) is 70.5 cm³/mol. The highest BCUT2D eigenvalue weighted by Gasteiger charge is 2.25. The van der Waals surface area contributed by atoms with Crippen LogP contribution in [0.25, 0.3) is 0 Å². The fourth-order valence-corrected chi connectivity index (χ4v) is 2.25. The summed E-state index contributed by atoms with van der Waals surface area (Å²) in [5, 5.41) is 23.0. The lowest BCUT2D eigenvalue weighted by atomic mass is 9.80. The van der Waals surface area contributed by atoms with Crippen molar-refractivity contribution in [3.8, 4) is 0 Å². The van der Waals surface area contributed by atoms with Crippen molar-refractivity contribution in [2.24, 2.45) is 5.92 Å². The first kappa shape index (κ1) is 13.3. The molecule has 0 bridgehead atoms. The molecule has 6 heteroatoms. The van der Waals surface area contributed by atoms with E-state index in [9.17, 15) is 14.9 Å². The van der Waals surface area contributed by atoms with Crippen LogP contribution in [-0.4, -0.2) is 22.0 Å². The number of benzene rings is 1. The number of carbonyl (C=O) groups is 1. The topological polar surface area (TPSA) is 92.5 Å². The summed E-state index contributed by atoms with van der Waals surface area (Å²) in [6.07, 6.45) is 3.43. The minimum absolute atomic E-state index is 0.0665. The van der Waals surface area contributed by atoms with Gasteiger partial charge in [-0.1, -0.05) is 6.42 Å². The van der Waals surface area contributed by atoms with Gasteiger partial charge in [0.25, 0.3) is 5.69 Å². The maximum atomic E-state index is 11.1. The molecule has 0 spiro atoms. The van der Waals surface area contributed by atoms with E-state index in [-0.39, 0.29) is 17.3 Å². The number of carboxylic acids is 1. The molecule has 1 aromatic rings. The number of nitrogens with zero attached hydrogens (tertiary/aromatic N) is 1. The monoisotopic (exact) mass is 264 g/mol. The van der Waals surface area contributed by atoms with Crippen molar-refractivity contribution in [3.05, 3.63) is 33.9 Å². The number of non-ortho nitro benzene ring substituents is 1. The Morgan fingerprint density at radius 2 is 2.21 bits per heavy atom. The summed E-state index contributed by atoms with van der Waals surface area (Å²) >= 11 is 0. The SMILES string of the molecule is CC(Nc1cc([N+](=O)[O-])ccc1C(=O)O)C1CCC1. The molecule has 0 amide bonds. The normalized spacial score (nSPS) is 16.5. The Hall–Kier alpha value is -2.11. The first-order valence-corrected chi connectivity index (χ1v) is 6.27. The van der Waals surface area contributed by atoms with E-state index in [0.717, 1.165) is 12.8 Å². The number of nitro benzene ring substituents is 1. The van der Waals surface area contributed by atoms with Crippen LogP contribution in [0.2, 0.25) is 0 Å². The first-order valence-electron chi connectivity index (χ1n) is 6.27. The van der Waals surface area contributed by atoms with E-state index in [0.29, 0.717) is 11.6 Å². The molecule has 19 heavy (non-hydrogen) atoms. The summed E-state index contributed by atoms with van der Waals surface area (Å²) < 4.78 is 0. The number of hydrogen-bond acceptors (Lipinski definition) is 4. The smallest absolute Gasteiger partial charge is 0.337 e. The Balaban J connectivity index is 2.26. The van der Waals surface area contributed by atoms with E-state index < -0.39 is 10.9 Å². The molecule has 1 aliphatic carbocycles. The molecule has 102 valence electrons. The van der Waals surface area contributed by atoms with Crippen molar-refractivity contribution in [1.29, 1.82) is 0 Å². The van der Waals surface area contributed by atoms with E-state index in [1.54, 1.807) is 0 Å². The molecule has 0 aromatic heterocycles. The number of carboxylic acid groups (broad SMARTS) is 1. The maximum absolute atomic E-state index is 11.1. The number of hydrogen-bond donors (Lipinski definition) is 2. The molecule has 1 unspecified atom stereocenters. The molecule has 0 aliphatic heterocycles. The molecule has 0 heterocycles. The number of nitro groups is 1. The number of aromatic carboxylic acids is 1. The van der Waals surface area contributed by atoms with Gasteiger partial charge in [0.1, 0.15) is 0 Å². The van der Waals surface area contributed by atoms with E-state index >= 15 is 0 Å². The van der Waals surface area contributed by atoms with Crippen LogP contribution in [0.5, 0.6) is 0 Å². The van der Waals surface area contributed by atoms with Crippen LogP contribution in [0.3, 0.4) is 0 Å². The van der Waals surface area contributed by atoms with Gasteiger partial charge in [-0.2, -0.15) is 0 Å². The zero-order chi connectivity index (χ0) is 14.0. The van der Waals surface area contributed by atoms with Crippen LogP contribution in [-0.2, 0) is 0 Å². The van der Waals surface area contributed by atoms with Crippen LogP contribution in [0, 0.1) is 16.0 Å². The minimum atomic E-state index is -1.08. The third-order valence-electron chi connectivity index (χ3n) is 3.68. The summed E-state index contributed by atoms with van der Waals surface area (Å²) in [4.78, 5) is 21.4. The van der Waals surface area contributed by atoms with Crippen LogP contribution < -0.4 is 5.32 Å². The molecule has 1 aliphatic rings. The summed E-state index contributed by atoms with van der Waals surface area (Å²) in [5.74, 6) is -0.570. The lowest BCUT2D eigenvalue weighted by Gasteiger charge is -2.32. The highest BCUT2D eigenvalue weighted by molar-refractivity contribution is 5.94. The standard InChI is InChI=1S/C13H16N2O4/c1-8(9-3-2-4-9)14-12-7-10(15(18)19)5-6-11(12)13(16)17/h5-9,14H,2-4H2,1H3,(H,16,17). The van der Waals surface area contributed by atoms with Gasteiger partial charge < -0.3 is 10.4 Å². The van der Waals surface area contributed by atoms with Gasteiger partial charge in [0.2, 0.25) is 0 Å². The van der Waals surface area contributed by atoms with Crippen molar-refractivity contribution < 1.29 is 14.8 Å². The number of anilines is 1. The lowest BCUT2D eigenvalue weighted by molar-refractivity contribution is -0.384. The third-order valence-corrected chi connectivity index (χ3v) is 3.68. The van der Waals surface area contributed by atoms with Crippen molar-refractivity contribution in [2.45, 2.75) is 32.2 Å². The molecule has 2 N–H and O–H groups in total. The van der Waals surface area contributed by atoms with Crippen LogP contribution in [0.4, 0.5) is 11.4 Å². The molecule has 6 nitrogen and oxygen atoms in total. The Kier molecular flexibility index (Phi) is 3.69. The quantitative estimate of drug-likeness (QED) is 0.630. The summed E-state index contributed by atoms with van der Waals surface area (Å²) in [6.45, 7) is 1.98. The molecule has 2 rings (SSSR count). The van der Waals surface area contributed by atoms with E-state index in [1.807, 2.05) is 6.92 Å². The first-order chi connectivity index (χ1) is 8.99. The van der Waals surface area contributed by atoms with E-state index in [4.69, 9.17) is 5.11 Å². The second kappa shape index (κ2) is 5.26. The number of rotatable bonds is 5. The largest absolute Gasteiger partial charge is 0.478 e. The van der Waals surface area contributed by atoms with Crippen molar-refractivity contribution >= 4 is 17.3 Å². The van der Waals surface area contributed by atoms with Crippen molar-refractivity contribution in [3.63, 3.8) is 0 Å². The maximum Gasteiger partial charge on any atom is 0.337 e. The average Bonchev–Trinajstić information content (AvgIpc) is 2.25. The van der Waals surface area contributed by atoms with Gasteiger partial charge in [0.05, 0.1) is 16.2 Å². The summed E-state index contributed by atoms with van der Waals surface area (Å²) in [6, 6.07) is 3.89. The molecule has 0 radical (unpaired) electrons. The van der Waals surface area contributed by atoms with Crippen molar-refractivity contribution in [2.75, 3.05) is 5.32 Å². The Morgan fingerprint density at radius 3 is 2.68 bits per heavy atom. The summed E-state index contributed by atoms with van der Waals surface area (Å²) in [7, 11) is 0. The third kappa shape index (κ3) is 2.83. The van der Waals surface area contributed by atoms with Crippen molar-refractivity contribution in [1.82, 2.24) is 0 Å². The molecular weight excluding hydrogens is 248 g/mol. The Morgan fingerprint density at radius 1 is 1.53 bits per heavy atom. The van der Waals surface area contributed by atoms with Crippen LogP contribution in [0.1, 0.15) is 36.5 Å². The Bertz CT molecular complexity index is 511.